The number of amides is 1. The number of H-pyrrole nitrogens is 1. The van der Waals surface area contributed by atoms with Crippen LogP contribution in [0.15, 0.2) is 18.3 Å². The molecule has 6 heteroatoms. The van der Waals surface area contributed by atoms with E-state index in [0.29, 0.717) is 5.82 Å². The van der Waals surface area contributed by atoms with Crippen LogP contribution in [0, 0.1) is 6.92 Å². The van der Waals surface area contributed by atoms with Gasteiger partial charge in [0, 0.05) is 17.7 Å². The molecule has 3 N–H and O–H groups in total. The molecule has 0 unspecified atom stereocenters. The van der Waals surface area contributed by atoms with Crippen molar-refractivity contribution in [3.8, 4) is 0 Å². The van der Waals surface area contributed by atoms with E-state index in [1.165, 1.54) is 0 Å². The molecule has 0 bridgehead atoms. The first-order chi connectivity index (χ1) is 6.59. The lowest BCUT2D eigenvalue weighted by molar-refractivity contribution is -0.131. The second-order valence-corrected chi connectivity index (χ2v) is 2.59. The Morgan fingerprint density at radius 1 is 1.57 bits per heavy atom. The van der Waals surface area contributed by atoms with Crippen LogP contribution in [0.4, 0.5) is 5.82 Å². The van der Waals surface area contributed by atoms with E-state index in [9.17, 15) is 9.59 Å². The first-order valence-corrected chi connectivity index (χ1v) is 3.81. The lowest BCUT2D eigenvalue weighted by Crippen LogP contribution is -2.09. The molecule has 1 heterocycles. The van der Waals surface area contributed by atoms with Crippen LogP contribution < -0.4 is 5.32 Å². The average molecular weight is 195 g/mol. The molecule has 0 aromatic carbocycles. The van der Waals surface area contributed by atoms with Crippen LogP contribution in [0.3, 0.4) is 0 Å². The fraction of sp³-hybridized carbons (Fsp3) is 0.125. The number of carbonyl (C=O) groups is 2. The minimum absolute atomic E-state index is 0.463. The van der Waals surface area contributed by atoms with Gasteiger partial charge in [-0.3, -0.25) is 9.89 Å². The molecular weight excluding hydrogens is 186 g/mol. The number of anilines is 1. The van der Waals surface area contributed by atoms with Crippen LogP contribution in [0.2, 0.25) is 0 Å². The SMILES string of the molecule is Cc1cn[nH]c1NC(=O)/C=C\C(=O)O. The van der Waals surface area contributed by atoms with Crippen molar-refractivity contribution in [1.82, 2.24) is 10.2 Å². The average Bonchev–Trinajstić information content (AvgIpc) is 2.49. The largest absolute Gasteiger partial charge is 0.478 e. The van der Waals surface area contributed by atoms with E-state index < -0.39 is 11.9 Å². The molecule has 0 spiro atoms. The van der Waals surface area contributed by atoms with Crippen LogP contribution in [-0.4, -0.2) is 27.2 Å². The number of aromatic amines is 1. The summed E-state index contributed by atoms with van der Waals surface area (Å²) in [6, 6.07) is 0. The molecule has 0 radical (unpaired) electrons. The minimum atomic E-state index is -1.17. The van der Waals surface area contributed by atoms with Gasteiger partial charge in [-0.1, -0.05) is 0 Å². The number of carbonyl (C=O) groups excluding carboxylic acids is 1. The van der Waals surface area contributed by atoms with Crippen LogP contribution in [0.1, 0.15) is 5.56 Å². The maximum Gasteiger partial charge on any atom is 0.328 e. The first-order valence-electron chi connectivity index (χ1n) is 3.81. The van der Waals surface area contributed by atoms with Gasteiger partial charge in [-0.05, 0) is 6.92 Å². The van der Waals surface area contributed by atoms with Crippen LogP contribution >= 0.6 is 0 Å². The van der Waals surface area contributed by atoms with E-state index >= 15 is 0 Å². The van der Waals surface area contributed by atoms with Crippen molar-refractivity contribution in [2.75, 3.05) is 5.32 Å². The Labute approximate surface area is 79.6 Å². The van der Waals surface area contributed by atoms with Gasteiger partial charge >= 0.3 is 5.97 Å². The number of rotatable bonds is 3. The molecule has 1 rings (SSSR count). The predicted octanol–water partition coefficient (Wildman–Crippen LogP) is 0.297. The fourth-order valence-corrected chi connectivity index (χ4v) is 0.785. The fourth-order valence-electron chi connectivity index (χ4n) is 0.785. The van der Waals surface area contributed by atoms with Gasteiger partial charge in [-0.25, -0.2) is 4.79 Å². The monoisotopic (exact) mass is 195 g/mol. The van der Waals surface area contributed by atoms with Crippen LogP contribution in [0.25, 0.3) is 0 Å². The van der Waals surface area contributed by atoms with Crippen molar-refractivity contribution in [1.29, 1.82) is 0 Å². The summed E-state index contributed by atoms with van der Waals surface area (Å²) >= 11 is 0. The summed E-state index contributed by atoms with van der Waals surface area (Å²) in [7, 11) is 0. The van der Waals surface area contributed by atoms with E-state index in [1.54, 1.807) is 13.1 Å². The normalized spacial score (nSPS) is 10.4. The van der Waals surface area contributed by atoms with E-state index in [1.807, 2.05) is 0 Å². The molecule has 0 saturated heterocycles. The lowest BCUT2D eigenvalue weighted by atomic mass is 10.3. The number of hydrogen-bond acceptors (Lipinski definition) is 3. The lowest BCUT2D eigenvalue weighted by Gasteiger charge is -1.97. The zero-order chi connectivity index (χ0) is 10.6. The topological polar surface area (TPSA) is 95.1 Å². The highest BCUT2D eigenvalue weighted by atomic mass is 16.4. The zero-order valence-corrected chi connectivity index (χ0v) is 7.44. The summed E-state index contributed by atoms with van der Waals surface area (Å²) in [6.07, 6.45) is 3.25. The number of aromatic nitrogens is 2. The maximum absolute atomic E-state index is 11.1. The van der Waals surface area contributed by atoms with E-state index in [2.05, 4.69) is 15.5 Å². The van der Waals surface area contributed by atoms with Crippen molar-refractivity contribution in [2.45, 2.75) is 6.92 Å². The molecule has 0 aliphatic heterocycles. The highest BCUT2D eigenvalue weighted by molar-refractivity contribution is 6.02. The minimum Gasteiger partial charge on any atom is -0.478 e. The number of hydrogen-bond donors (Lipinski definition) is 3. The smallest absolute Gasteiger partial charge is 0.328 e. The van der Waals surface area contributed by atoms with Gasteiger partial charge in [0.1, 0.15) is 5.82 Å². The molecule has 0 aliphatic carbocycles. The summed E-state index contributed by atoms with van der Waals surface area (Å²) < 4.78 is 0. The van der Waals surface area contributed by atoms with Gasteiger partial charge in [0.25, 0.3) is 0 Å². The third kappa shape index (κ3) is 2.74. The number of aryl methyl sites for hydroxylation is 1. The third-order valence-corrected chi connectivity index (χ3v) is 1.45. The highest BCUT2D eigenvalue weighted by Gasteiger charge is 2.02. The quantitative estimate of drug-likeness (QED) is 0.604. The number of nitrogens with one attached hydrogen (secondary N) is 2. The second-order valence-electron chi connectivity index (χ2n) is 2.59. The summed E-state index contributed by atoms with van der Waals surface area (Å²) in [5, 5.41) is 16.9. The number of aliphatic carboxylic acids is 1. The maximum atomic E-state index is 11.1. The first kappa shape index (κ1) is 9.97. The van der Waals surface area contributed by atoms with Crippen molar-refractivity contribution in [3.05, 3.63) is 23.9 Å². The Balaban J connectivity index is 2.58. The van der Waals surface area contributed by atoms with Crippen molar-refractivity contribution in [3.63, 3.8) is 0 Å². The van der Waals surface area contributed by atoms with Gasteiger partial charge < -0.3 is 10.4 Å². The summed E-state index contributed by atoms with van der Waals surface area (Å²) in [5.41, 5.74) is 0.780. The molecule has 74 valence electrons. The van der Waals surface area contributed by atoms with Gasteiger partial charge in [-0.15, -0.1) is 0 Å². The van der Waals surface area contributed by atoms with Crippen molar-refractivity contribution in [2.24, 2.45) is 0 Å². The number of carboxylic acids is 1. The Kier molecular flexibility index (Phi) is 3.01. The van der Waals surface area contributed by atoms with Gasteiger partial charge in [-0.2, -0.15) is 5.10 Å². The standard InChI is InChI=1S/C8H9N3O3/c1-5-4-9-11-8(5)10-6(12)2-3-7(13)14/h2-4H,1H3,(H,13,14)(H2,9,10,11,12)/b3-2-. The molecule has 1 aromatic heterocycles. The van der Waals surface area contributed by atoms with Crippen molar-refractivity contribution >= 4 is 17.7 Å². The molecule has 0 aliphatic rings. The number of carboxylic acid groups (broad SMARTS) is 1. The Bertz CT molecular complexity index is 381. The summed E-state index contributed by atoms with van der Waals surface area (Å²) in [6.45, 7) is 1.76. The van der Waals surface area contributed by atoms with E-state index in [0.717, 1.165) is 17.7 Å². The van der Waals surface area contributed by atoms with Crippen LogP contribution in [-0.2, 0) is 9.59 Å². The Hall–Kier alpha value is -2.11. The molecule has 0 atom stereocenters. The molecule has 1 aromatic rings. The zero-order valence-electron chi connectivity index (χ0n) is 7.44. The molecule has 6 nitrogen and oxygen atoms in total. The summed E-state index contributed by atoms with van der Waals surface area (Å²) in [4.78, 5) is 21.1. The van der Waals surface area contributed by atoms with Crippen LogP contribution in [0.5, 0.6) is 0 Å². The molecule has 0 saturated carbocycles. The van der Waals surface area contributed by atoms with Gasteiger partial charge in [0.05, 0.1) is 6.20 Å². The van der Waals surface area contributed by atoms with E-state index in [-0.39, 0.29) is 0 Å². The highest BCUT2D eigenvalue weighted by Crippen LogP contribution is 2.07. The molecule has 1 amide bonds. The predicted molar refractivity (Wildman–Crippen MR) is 48.7 cm³/mol. The van der Waals surface area contributed by atoms with Gasteiger partial charge in [0.15, 0.2) is 0 Å². The number of nitrogens with zero attached hydrogens (tertiary/aromatic N) is 1. The molecular formula is C8H9N3O3. The Morgan fingerprint density at radius 2 is 2.29 bits per heavy atom. The van der Waals surface area contributed by atoms with E-state index in [4.69, 9.17) is 5.11 Å². The molecule has 14 heavy (non-hydrogen) atoms. The Morgan fingerprint density at radius 3 is 2.79 bits per heavy atom. The summed E-state index contributed by atoms with van der Waals surface area (Å²) in [5.74, 6) is -1.22. The third-order valence-electron chi connectivity index (χ3n) is 1.45. The second kappa shape index (κ2) is 4.22. The van der Waals surface area contributed by atoms with Crippen molar-refractivity contribution < 1.29 is 14.7 Å². The molecule has 0 fully saturated rings. The van der Waals surface area contributed by atoms with Gasteiger partial charge in [0.2, 0.25) is 5.91 Å².